The van der Waals surface area contributed by atoms with Gasteiger partial charge in [0.1, 0.15) is 5.82 Å². The van der Waals surface area contributed by atoms with E-state index in [9.17, 15) is 4.79 Å². The van der Waals surface area contributed by atoms with Crippen molar-refractivity contribution < 1.29 is 4.79 Å². The van der Waals surface area contributed by atoms with Gasteiger partial charge in [-0.2, -0.15) is 0 Å². The molecule has 1 N–H and O–H groups in total. The van der Waals surface area contributed by atoms with Gasteiger partial charge in [-0.25, -0.2) is 4.98 Å². The van der Waals surface area contributed by atoms with Crippen LogP contribution in [0.2, 0.25) is 0 Å². The van der Waals surface area contributed by atoms with Gasteiger partial charge >= 0.3 is 0 Å². The van der Waals surface area contributed by atoms with E-state index in [0.29, 0.717) is 5.92 Å². The van der Waals surface area contributed by atoms with Crippen molar-refractivity contribution in [2.24, 2.45) is 0 Å². The summed E-state index contributed by atoms with van der Waals surface area (Å²) < 4.78 is 0. The molecule has 1 aliphatic heterocycles. The molecule has 124 valence electrons. The minimum absolute atomic E-state index is 0.180. The highest BCUT2D eigenvalue weighted by Crippen LogP contribution is 2.29. The Morgan fingerprint density at radius 3 is 2.67 bits per heavy atom. The van der Waals surface area contributed by atoms with E-state index in [0.717, 1.165) is 53.2 Å². The summed E-state index contributed by atoms with van der Waals surface area (Å²) in [5.41, 5.74) is 2.99. The number of nitrogens with zero attached hydrogens (tertiary/aromatic N) is 2. The van der Waals surface area contributed by atoms with Crippen molar-refractivity contribution in [2.75, 3.05) is 13.1 Å². The molecule has 0 bridgehead atoms. The van der Waals surface area contributed by atoms with E-state index in [4.69, 9.17) is 4.98 Å². The van der Waals surface area contributed by atoms with Crippen LogP contribution in [0.25, 0.3) is 11.0 Å². The van der Waals surface area contributed by atoms with Crippen LogP contribution in [0.4, 0.5) is 0 Å². The third kappa shape index (κ3) is 2.73. The number of amides is 1. The average Bonchev–Trinajstić information content (AvgIpc) is 3.17. The highest BCUT2D eigenvalue weighted by molar-refractivity contribution is 7.12. The number of likely N-dealkylation sites (tertiary alicyclic amines) is 1. The lowest BCUT2D eigenvalue weighted by Gasteiger charge is -2.31. The van der Waals surface area contributed by atoms with Crippen LogP contribution in [0.15, 0.2) is 30.3 Å². The summed E-state index contributed by atoms with van der Waals surface area (Å²) in [5, 5.41) is 0. The van der Waals surface area contributed by atoms with Crippen LogP contribution < -0.4 is 0 Å². The maximum Gasteiger partial charge on any atom is 0.254 e. The van der Waals surface area contributed by atoms with Crippen molar-refractivity contribution in [1.82, 2.24) is 14.9 Å². The van der Waals surface area contributed by atoms with Crippen molar-refractivity contribution in [1.29, 1.82) is 0 Å². The van der Waals surface area contributed by atoms with Crippen molar-refractivity contribution in [2.45, 2.75) is 32.6 Å². The summed E-state index contributed by atoms with van der Waals surface area (Å²) >= 11 is 1.70. The number of hydrogen-bond acceptors (Lipinski definition) is 3. The molecular formula is C19H21N3OS. The SMILES string of the molecule is Cc1cc(C(=O)N2CCC(c3nc4ccccc4[nH]3)CC2)c(C)s1. The normalized spacial score (nSPS) is 16.0. The molecule has 0 spiro atoms. The van der Waals surface area contributed by atoms with Gasteiger partial charge in [0.05, 0.1) is 16.6 Å². The van der Waals surface area contributed by atoms with Gasteiger partial charge in [0, 0.05) is 28.8 Å². The highest BCUT2D eigenvalue weighted by atomic mass is 32.1. The Balaban J connectivity index is 1.46. The Kier molecular flexibility index (Phi) is 3.88. The number of rotatable bonds is 2. The number of carbonyl (C=O) groups is 1. The number of H-pyrrole nitrogens is 1. The minimum atomic E-state index is 0.180. The first-order valence-corrected chi connectivity index (χ1v) is 9.24. The van der Waals surface area contributed by atoms with Gasteiger partial charge in [0.25, 0.3) is 5.91 Å². The predicted octanol–water partition coefficient (Wildman–Crippen LogP) is 4.26. The number of thiophene rings is 1. The number of para-hydroxylation sites is 2. The van der Waals surface area contributed by atoms with Crippen LogP contribution in [0.5, 0.6) is 0 Å². The molecule has 4 nitrogen and oxygen atoms in total. The molecule has 0 saturated carbocycles. The Bertz CT molecular complexity index is 854. The van der Waals surface area contributed by atoms with Crippen LogP contribution in [-0.2, 0) is 0 Å². The number of imidazole rings is 1. The summed E-state index contributed by atoms with van der Waals surface area (Å²) in [4.78, 5) is 25.2. The van der Waals surface area contributed by atoms with Gasteiger partial charge in [-0.15, -0.1) is 11.3 Å². The molecular weight excluding hydrogens is 318 g/mol. The fraction of sp³-hybridized carbons (Fsp3) is 0.368. The van der Waals surface area contributed by atoms with E-state index in [1.807, 2.05) is 36.1 Å². The molecule has 1 aliphatic rings. The predicted molar refractivity (Wildman–Crippen MR) is 97.8 cm³/mol. The Morgan fingerprint density at radius 2 is 2.00 bits per heavy atom. The molecule has 0 radical (unpaired) electrons. The molecule has 1 amide bonds. The molecule has 0 atom stereocenters. The first-order valence-electron chi connectivity index (χ1n) is 8.43. The first-order chi connectivity index (χ1) is 11.6. The summed E-state index contributed by atoms with van der Waals surface area (Å²) in [6.07, 6.45) is 1.93. The number of aromatic amines is 1. The Hall–Kier alpha value is -2.14. The summed E-state index contributed by atoms with van der Waals surface area (Å²) in [7, 11) is 0. The topological polar surface area (TPSA) is 49.0 Å². The lowest BCUT2D eigenvalue weighted by Crippen LogP contribution is -2.38. The van der Waals surface area contributed by atoms with Crippen LogP contribution >= 0.6 is 11.3 Å². The van der Waals surface area contributed by atoms with E-state index in [-0.39, 0.29) is 5.91 Å². The largest absolute Gasteiger partial charge is 0.342 e. The number of benzene rings is 1. The number of aromatic nitrogens is 2. The van der Waals surface area contributed by atoms with Crippen molar-refractivity contribution in [3.05, 3.63) is 51.5 Å². The molecule has 0 unspecified atom stereocenters. The second-order valence-electron chi connectivity index (χ2n) is 6.53. The van der Waals surface area contributed by atoms with Gasteiger partial charge in [-0.3, -0.25) is 4.79 Å². The highest BCUT2D eigenvalue weighted by Gasteiger charge is 2.27. The van der Waals surface area contributed by atoms with E-state index in [1.165, 1.54) is 4.88 Å². The minimum Gasteiger partial charge on any atom is -0.342 e. The number of piperidine rings is 1. The maximum absolute atomic E-state index is 12.7. The zero-order valence-corrected chi connectivity index (χ0v) is 14.8. The second-order valence-corrected chi connectivity index (χ2v) is 7.99. The summed E-state index contributed by atoms with van der Waals surface area (Å²) in [6.45, 7) is 5.69. The molecule has 5 heteroatoms. The number of fused-ring (bicyclic) bond motifs is 1. The van der Waals surface area contributed by atoms with Gasteiger partial charge in [-0.05, 0) is 44.9 Å². The quantitative estimate of drug-likeness (QED) is 0.758. The third-order valence-electron chi connectivity index (χ3n) is 4.85. The van der Waals surface area contributed by atoms with Gasteiger partial charge in [-0.1, -0.05) is 12.1 Å². The van der Waals surface area contributed by atoms with Crippen LogP contribution in [-0.4, -0.2) is 33.9 Å². The fourth-order valence-electron chi connectivity index (χ4n) is 3.54. The second kappa shape index (κ2) is 6.06. The zero-order valence-electron chi connectivity index (χ0n) is 14.0. The van der Waals surface area contributed by atoms with Gasteiger partial charge in [0.15, 0.2) is 0 Å². The van der Waals surface area contributed by atoms with Gasteiger partial charge < -0.3 is 9.88 Å². The smallest absolute Gasteiger partial charge is 0.254 e. The molecule has 1 fully saturated rings. The van der Waals surface area contributed by atoms with E-state index in [1.54, 1.807) is 11.3 Å². The number of nitrogens with one attached hydrogen (secondary N) is 1. The van der Waals surface area contributed by atoms with Crippen molar-refractivity contribution >= 4 is 28.3 Å². The number of carbonyl (C=O) groups excluding carboxylic acids is 1. The third-order valence-corrected chi connectivity index (χ3v) is 5.81. The Labute approximate surface area is 145 Å². The molecule has 1 aromatic carbocycles. The molecule has 1 saturated heterocycles. The first kappa shape index (κ1) is 15.4. The lowest BCUT2D eigenvalue weighted by molar-refractivity contribution is 0.0711. The number of aryl methyl sites for hydroxylation is 2. The summed E-state index contributed by atoms with van der Waals surface area (Å²) in [6, 6.07) is 10.2. The van der Waals surface area contributed by atoms with Crippen LogP contribution in [0.3, 0.4) is 0 Å². The van der Waals surface area contributed by atoms with Crippen molar-refractivity contribution in [3.63, 3.8) is 0 Å². The molecule has 24 heavy (non-hydrogen) atoms. The molecule has 2 aromatic heterocycles. The lowest BCUT2D eigenvalue weighted by atomic mass is 9.95. The van der Waals surface area contributed by atoms with E-state index >= 15 is 0 Å². The molecule has 3 heterocycles. The average molecular weight is 339 g/mol. The molecule has 0 aliphatic carbocycles. The van der Waals surface area contributed by atoms with E-state index in [2.05, 4.69) is 18.0 Å². The summed E-state index contributed by atoms with van der Waals surface area (Å²) in [5.74, 6) is 1.65. The molecule has 4 rings (SSSR count). The fourth-order valence-corrected chi connectivity index (χ4v) is 4.45. The maximum atomic E-state index is 12.7. The zero-order chi connectivity index (χ0) is 16.7. The number of hydrogen-bond donors (Lipinski definition) is 1. The molecule has 3 aromatic rings. The van der Waals surface area contributed by atoms with Crippen LogP contribution in [0.1, 0.15) is 44.7 Å². The monoisotopic (exact) mass is 339 g/mol. The van der Waals surface area contributed by atoms with E-state index < -0.39 is 0 Å². The van der Waals surface area contributed by atoms with Gasteiger partial charge in [0.2, 0.25) is 0 Å². The Morgan fingerprint density at radius 1 is 1.25 bits per heavy atom. The van der Waals surface area contributed by atoms with Crippen LogP contribution in [0, 0.1) is 13.8 Å². The van der Waals surface area contributed by atoms with Crippen molar-refractivity contribution in [3.8, 4) is 0 Å². The standard InChI is InChI=1S/C19H21N3OS/c1-12-11-15(13(2)24-12)19(23)22-9-7-14(8-10-22)18-20-16-5-3-4-6-17(16)21-18/h3-6,11,14H,7-10H2,1-2H3,(H,20,21).